The van der Waals surface area contributed by atoms with Gasteiger partial charge < -0.3 is 5.11 Å². The molecule has 0 saturated heterocycles. The first kappa shape index (κ1) is 14.5. The fraction of sp³-hybridized carbons (Fsp3) is 0.0625. The maximum absolute atomic E-state index is 11.2. The van der Waals surface area contributed by atoms with Crippen LogP contribution >= 0.6 is 0 Å². The van der Waals surface area contributed by atoms with Crippen LogP contribution in [0.15, 0.2) is 53.9 Å². The molecule has 0 atom stereocenters. The highest BCUT2D eigenvalue weighted by molar-refractivity contribution is 6.03. The summed E-state index contributed by atoms with van der Waals surface area (Å²) in [5, 5.41) is 14.2. The first-order chi connectivity index (χ1) is 11.2. The zero-order valence-corrected chi connectivity index (χ0v) is 11.9. The summed E-state index contributed by atoms with van der Waals surface area (Å²) in [5.41, 5.74) is 10.4. The highest BCUT2D eigenvalue weighted by Crippen LogP contribution is 2.22. The van der Waals surface area contributed by atoms with E-state index in [1.807, 2.05) is 18.2 Å². The molecule has 2 aromatic carbocycles. The third-order valence-electron chi connectivity index (χ3n) is 3.42. The minimum absolute atomic E-state index is 0.270. The molecule has 1 aromatic heterocycles. The zero-order valence-electron chi connectivity index (χ0n) is 11.9. The van der Waals surface area contributed by atoms with Crippen molar-refractivity contribution in [3.05, 3.63) is 76.1 Å². The van der Waals surface area contributed by atoms with Gasteiger partial charge in [-0.1, -0.05) is 30.3 Å². The minimum Gasteiger partial charge on any atom is -0.478 e. The number of aromatic nitrogens is 2. The molecule has 1 heterocycles. The highest BCUT2D eigenvalue weighted by atomic mass is 16.4. The number of benzene rings is 2. The Hall–Kier alpha value is -3.44. The van der Waals surface area contributed by atoms with E-state index in [9.17, 15) is 9.90 Å². The molecule has 0 bridgehead atoms. The van der Waals surface area contributed by atoms with Crippen molar-refractivity contribution in [2.24, 2.45) is 5.11 Å². The summed E-state index contributed by atoms with van der Waals surface area (Å²) >= 11 is 0. The van der Waals surface area contributed by atoms with Crippen molar-refractivity contribution in [1.82, 2.24) is 9.97 Å². The average Bonchev–Trinajstić information content (AvgIpc) is 2.54. The summed E-state index contributed by atoms with van der Waals surface area (Å²) in [6, 6.07) is 12.4. The number of rotatable bonds is 4. The molecular weight excluding hydrogens is 294 g/mol. The van der Waals surface area contributed by atoms with Crippen LogP contribution in [0.5, 0.6) is 0 Å². The van der Waals surface area contributed by atoms with E-state index in [4.69, 9.17) is 5.53 Å². The van der Waals surface area contributed by atoms with Crippen LogP contribution in [0.1, 0.15) is 21.6 Å². The highest BCUT2D eigenvalue weighted by Gasteiger charge is 2.08. The average molecular weight is 305 g/mol. The number of carboxylic acids is 1. The van der Waals surface area contributed by atoms with Crippen LogP contribution in [0.4, 0.5) is 5.82 Å². The topological polar surface area (TPSA) is 112 Å². The summed E-state index contributed by atoms with van der Waals surface area (Å²) in [4.78, 5) is 21.9. The summed E-state index contributed by atoms with van der Waals surface area (Å²) < 4.78 is 0. The minimum atomic E-state index is -0.946. The van der Waals surface area contributed by atoms with E-state index in [1.165, 1.54) is 6.33 Å². The molecule has 0 aliphatic rings. The number of hydrogen-bond acceptors (Lipinski definition) is 4. The summed E-state index contributed by atoms with van der Waals surface area (Å²) in [7, 11) is 0. The second kappa shape index (κ2) is 6.13. The van der Waals surface area contributed by atoms with Gasteiger partial charge in [-0.3, -0.25) is 0 Å². The van der Waals surface area contributed by atoms with Crippen molar-refractivity contribution in [1.29, 1.82) is 0 Å². The summed E-state index contributed by atoms with van der Waals surface area (Å²) in [5.74, 6) is -0.676. The molecule has 0 aliphatic carbocycles. The van der Waals surface area contributed by atoms with Crippen molar-refractivity contribution in [3.63, 3.8) is 0 Å². The Morgan fingerprint density at radius 2 is 2.09 bits per heavy atom. The Labute approximate surface area is 130 Å². The van der Waals surface area contributed by atoms with Gasteiger partial charge in [0.25, 0.3) is 0 Å². The third-order valence-corrected chi connectivity index (χ3v) is 3.42. The number of azide groups is 1. The first-order valence-electron chi connectivity index (χ1n) is 6.78. The molecular formula is C16H11N5O2. The van der Waals surface area contributed by atoms with E-state index in [0.717, 1.165) is 16.6 Å². The first-order valence-corrected chi connectivity index (χ1v) is 6.78. The number of carboxylic acid groups (broad SMARTS) is 1. The van der Waals surface area contributed by atoms with Crippen LogP contribution in [0.2, 0.25) is 0 Å². The molecule has 3 aromatic rings. The van der Waals surface area contributed by atoms with Crippen molar-refractivity contribution >= 4 is 22.6 Å². The van der Waals surface area contributed by atoms with Gasteiger partial charge in [-0.05, 0) is 39.1 Å². The van der Waals surface area contributed by atoms with Crippen LogP contribution < -0.4 is 0 Å². The van der Waals surface area contributed by atoms with Crippen molar-refractivity contribution in [2.75, 3.05) is 0 Å². The van der Waals surface area contributed by atoms with E-state index in [0.29, 0.717) is 11.8 Å². The van der Waals surface area contributed by atoms with Crippen LogP contribution in [0.3, 0.4) is 0 Å². The largest absolute Gasteiger partial charge is 0.478 e. The molecule has 0 fully saturated rings. The van der Waals surface area contributed by atoms with Gasteiger partial charge in [0.15, 0.2) is 0 Å². The Morgan fingerprint density at radius 1 is 1.22 bits per heavy atom. The van der Waals surface area contributed by atoms with Gasteiger partial charge in [0, 0.05) is 17.0 Å². The number of hydrogen-bond donors (Lipinski definition) is 1. The van der Waals surface area contributed by atoms with E-state index in [1.54, 1.807) is 24.3 Å². The second-order valence-corrected chi connectivity index (χ2v) is 4.90. The van der Waals surface area contributed by atoms with Gasteiger partial charge in [0.2, 0.25) is 0 Å². The zero-order chi connectivity index (χ0) is 16.2. The lowest BCUT2D eigenvalue weighted by Crippen LogP contribution is -1.98. The fourth-order valence-electron chi connectivity index (χ4n) is 2.42. The molecule has 7 nitrogen and oxygen atoms in total. The predicted molar refractivity (Wildman–Crippen MR) is 84.6 cm³/mol. The smallest absolute Gasteiger partial charge is 0.336 e. The Morgan fingerprint density at radius 3 is 2.87 bits per heavy atom. The van der Waals surface area contributed by atoms with Gasteiger partial charge in [-0.15, -0.1) is 0 Å². The van der Waals surface area contributed by atoms with Gasteiger partial charge in [0.05, 0.1) is 5.56 Å². The lowest BCUT2D eigenvalue weighted by atomic mass is 10.00. The van der Waals surface area contributed by atoms with Crippen LogP contribution in [-0.2, 0) is 6.42 Å². The van der Waals surface area contributed by atoms with E-state index < -0.39 is 5.97 Å². The summed E-state index contributed by atoms with van der Waals surface area (Å²) in [6.45, 7) is 0. The summed E-state index contributed by atoms with van der Waals surface area (Å²) in [6.07, 6.45) is 1.88. The molecule has 0 unspecified atom stereocenters. The van der Waals surface area contributed by atoms with Gasteiger partial charge in [0.1, 0.15) is 12.1 Å². The Kier molecular flexibility index (Phi) is 3.86. The van der Waals surface area contributed by atoms with E-state index in [2.05, 4.69) is 20.0 Å². The molecule has 23 heavy (non-hydrogen) atoms. The SMILES string of the molecule is [N-]=[N+]=Nc1cc(Cc2ccc3c(C(=O)O)cccc3c2)ncn1. The van der Waals surface area contributed by atoms with Crippen LogP contribution in [0, 0.1) is 0 Å². The van der Waals surface area contributed by atoms with Crippen LogP contribution in [0.25, 0.3) is 21.2 Å². The van der Waals surface area contributed by atoms with E-state index in [-0.39, 0.29) is 11.4 Å². The number of fused-ring (bicyclic) bond motifs is 1. The molecule has 0 spiro atoms. The lowest BCUT2D eigenvalue weighted by molar-refractivity contribution is 0.0699. The standard InChI is InChI=1S/C16H11N5O2/c17-21-20-15-8-12(18-9-19-15)7-10-4-5-13-11(6-10)2-1-3-14(13)16(22)23/h1-6,8-9H,7H2,(H,22,23). The number of nitrogens with zero attached hydrogens (tertiary/aromatic N) is 5. The van der Waals surface area contributed by atoms with Crippen molar-refractivity contribution in [3.8, 4) is 0 Å². The predicted octanol–water partition coefficient (Wildman–Crippen LogP) is 3.86. The third kappa shape index (κ3) is 3.09. The number of aromatic carboxylic acids is 1. The molecule has 7 heteroatoms. The lowest BCUT2D eigenvalue weighted by Gasteiger charge is -2.06. The molecule has 0 amide bonds. The number of carbonyl (C=O) groups is 1. The molecule has 0 saturated carbocycles. The Balaban J connectivity index is 1.97. The van der Waals surface area contributed by atoms with Crippen molar-refractivity contribution in [2.45, 2.75) is 6.42 Å². The van der Waals surface area contributed by atoms with Crippen LogP contribution in [-0.4, -0.2) is 21.0 Å². The maximum atomic E-state index is 11.2. The van der Waals surface area contributed by atoms with Gasteiger partial charge >= 0.3 is 5.97 Å². The van der Waals surface area contributed by atoms with Gasteiger partial charge in [-0.2, -0.15) is 0 Å². The molecule has 1 N–H and O–H groups in total. The molecule has 0 radical (unpaired) electrons. The van der Waals surface area contributed by atoms with Gasteiger partial charge in [-0.25, -0.2) is 14.8 Å². The van der Waals surface area contributed by atoms with Crippen molar-refractivity contribution < 1.29 is 9.90 Å². The van der Waals surface area contributed by atoms with E-state index >= 15 is 0 Å². The quantitative estimate of drug-likeness (QED) is 0.448. The molecule has 3 rings (SSSR count). The maximum Gasteiger partial charge on any atom is 0.336 e. The monoisotopic (exact) mass is 305 g/mol. The normalized spacial score (nSPS) is 10.3. The second-order valence-electron chi connectivity index (χ2n) is 4.90. The Bertz CT molecular complexity index is 948. The molecule has 0 aliphatic heterocycles. The fourth-order valence-corrected chi connectivity index (χ4v) is 2.42. The molecule has 112 valence electrons.